The van der Waals surface area contributed by atoms with Crippen molar-refractivity contribution in [1.29, 1.82) is 0 Å². The van der Waals surface area contributed by atoms with Gasteiger partial charge in [0.05, 0.1) is 7.11 Å². The zero-order valence-electron chi connectivity index (χ0n) is 13.9. The highest BCUT2D eigenvalue weighted by atomic mass is 35.5. The molecule has 0 spiro atoms. The van der Waals surface area contributed by atoms with Gasteiger partial charge in [0.2, 0.25) is 0 Å². The summed E-state index contributed by atoms with van der Waals surface area (Å²) in [6, 6.07) is 10.9. The van der Waals surface area contributed by atoms with Gasteiger partial charge in [-0.1, -0.05) is 35.9 Å². The van der Waals surface area contributed by atoms with Crippen molar-refractivity contribution in [3.63, 3.8) is 0 Å². The van der Waals surface area contributed by atoms with Gasteiger partial charge in [0.25, 0.3) is 5.91 Å². The van der Waals surface area contributed by atoms with Crippen LogP contribution in [0.2, 0.25) is 5.02 Å². The molecule has 2 rings (SSSR count). The molecule has 0 heterocycles. The lowest BCUT2D eigenvalue weighted by molar-refractivity contribution is -0.118. The zero-order chi connectivity index (χ0) is 17.5. The normalized spacial score (nSPS) is 10.7. The molecule has 0 aromatic heterocycles. The lowest BCUT2D eigenvalue weighted by Gasteiger charge is -2.12. The van der Waals surface area contributed by atoms with Gasteiger partial charge in [-0.15, -0.1) is 0 Å². The number of benzene rings is 2. The van der Waals surface area contributed by atoms with Crippen molar-refractivity contribution in [2.75, 3.05) is 19.0 Å². The number of hydrogen-bond donors (Lipinski definition) is 1. The maximum Gasteiger partial charge on any atom is 0.262 e. The summed E-state index contributed by atoms with van der Waals surface area (Å²) in [7, 11) is 1.57. The Morgan fingerprint density at radius 3 is 2.67 bits per heavy atom. The van der Waals surface area contributed by atoms with Crippen molar-refractivity contribution < 1.29 is 14.3 Å². The molecular weight excluding hydrogens is 326 g/mol. The van der Waals surface area contributed by atoms with Gasteiger partial charge in [-0.05, 0) is 49.2 Å². The third-order valence-corrected chi connectivity index (χ3v) is 3.77. The summed E-state index contributed by atoms with van der Waals surface area (Å²) >= 11 is 6.05. The standard InChI is InChI=1S/C19H20ClNO3/c1-4-5-14-7-9-17(18(10-14)23-3)24-12-19(22)21-15-8-6-13(2)16(20)11-15/h4-11H,12H2,1-3H3,(H,21,22)/b5-4+. The second-order valence-electron chi connectivity index (χ2n) is 5.21. The van der Waals surface area contributed by atoms with Crippen LogP contribution in [0.3, 0.4) is 0 Å². The molecule has 0 saturated heterocycles. The number of carbonyl (C=O) groups excluding carboxylic acids is 1. The van der Waals surface area contributed by atoms with E-state index in [1.54, 1.807) is 25.3 Å². The predicted molar refractivity (Wildman–Crippen MR) is 98.0 cm³/mol. The molecule has 2 aromatic carbocycles. The molecule has 0 atom stereocenters. The Morgan fingerprint density at radius 1 is 1.21 bits per heavy atom. The fourth-order valence-corrected chi connectivity index (χ4v) is 2.29. The summed E-state index contributed by atoms with van der Waals surface area (Å²) in [6.45, 7) is 3.73. The third-order valence-electron chi connectivity index (χ3n) is 3.36. The van der Waals surface area contributed by atoms with Crippen molar-refractivity contribution in [3.8, 4) is 11.5 Å². The first kappa shape index (κ1) is 17.9. The Kier molecular flexibility index (Phi) is 6.27. The minimum absolute atomic E-state index is 0.120. The first-order chi connectivity index (χ1) is 11.5. The number of amides is 1. The highest BCUT2D eigenvalue weighted by Gasteiger charge is 2.09. The van der Waals surface area contributed by atoms with Gasteiger partial charge in [-0.3, -0.25) is 4.79 Å². The number of rotatable bonds is 6. The summed E-state index contributed by atoms with van der Waals surface area (Å²) in [5, 5.41) is 3.36. The van der Waals surface area contributed by atoms with Crippen molar-refractivity contribution in [2.24, 2.45) is 0 Å². The van der Waals surface area contributed by atoms with Crippen LogP contribution >= 0.6 is 11.6 Å². The van der Waals surface area contributed by atoms with Crippen LogP contribution in [-0.2, 0) is 4.79 Å². The summed E-state index contributed by atoms with van der Waals surface area (Å²) in [5.41, 5.74) is 2.59. The fraction of sp³-hybridized carbons (Fsp3) is 0.211. The summed E-state index contributed by atoms with van der Waals surface area (Å²) in [6.07, 6.45) is 3.90. The van der Waals surface area contributed by atoms with E-state index in [2.05, 4.69) is 5.32 Å². The zero-order valence-corrected chi connectivity index (χ0v) is 14.7. The first-order valence-corrected chi connectivity index (χ1v) is 7.91. The predicted octanol–water partition coefficient (Wildman–Crippen LogP) is 4.71. The molecule has 5 heteroatoms. The van der Waals surface area contributed by atoms with Crippen LogP contribution in [0.5, 0.6) is 11.5 Å². The number of anilines is 1. The van der Waals surface area contributed by atoms with E-state index < -0.39 is 0 Å². The number of hydrogen-bond acceptors (Lipinski definition) is 3. The second kappa shape index (κ2) is 8.41. The van der Waals surface area contributed by atoms with E-state index in [0.717, 1.165) is 11.1 Å². The fourth-order valence-electron chi connectivity index (χ4n) is 2.11. The number of ether oxygens (including phenoxy) is 2. The molecule has 1 N–H and O–H groups in total. The molecule has 24 heavy (non-hydrogen) atoms. The number of nitrogens with one attached hydrogen (secondary N) is 1. The Hall–Kier alpha value is -2.46. The van der Waals surface area contributed by atoms with Gasteiger partial charge in [0.15, 0.2) is 18.1 Å². The topological polar surface area (TPSA) is 47.6 Å². The van der Waals surface area contributed by atoms with Crippen molar-refractivity contribution >= 4 is 29.3 Å². The molecular formula is C19H20ClNO3. The largest absolute Gasteiger partial charge is 0.493 e. The van der Waals surface area contributed by atoms with E-state index in [1.807, 2.05) is 44.2 Å². The highest BCUT2D eigenvalue weighted by molar-refractivity contribution is 6.31. The van der Waals surface area contributed by atoms with Crippen molar-refractivity contribution in [2.45, 2.75) is 13.8 Å². The Bertz CT molecular complexity index is 756. The van der Waals surface area contributed by atoms with E-state index in [1.165, 1.54) is 0 Å². The molecule has 0 aliphatic rings. The van der Waals surface area contributed by atoms with Gasteiger partial charge in [0.1, 0.15) is 0 Å². The molecule has 1 amide bonds. The van der Waals surface area contributed by atoms with Gasteiger partial charge in [0, 0.05) is 10.7 Å². The molecule has 2 aromatic rings. The molecule has 4 nitrogen and oxygen atoms in total. The third kappa shape index (κ3) is 4.77. The van der Waals surface area contributed by atoms with Crippen molar-refractivity contribution in [3.05, 3.63) is 58.6 Å². The van der Waals surface area contributed by atoms with Gasteiger partial charge >= 0.3 is 0 Å². The Balaban J connectivity index is 1.99. The maximum absolute atomic E-state index is 12.0. The minimum atomic E-state index is -0.269. The van der Waals surface area contributed by atoms with E-state index in [-0.39, 0.29) is 12.5 Å². The molecule has 126 valence electrons. The minimum Gasteiger partial charge on any atom is -0.493 e. The molecule has 0 radical (unpaired) electrons. The highest BCUT2D eigenvalue weighted by Crippen LogP contribution is 2.28. The summed E-state index contributed by atoms with van der Waals surface area (Å²) < 4.78 is 10.9. The molecule has 0 unspecified atom stereocenters. The van der Waals surface area contributed by atoms with E-state index in [0.29, 0.717) is 22.2 Å². The number of carbonyl (C=O) groups is 1. The smallest absolute Gasteiger partial charge is 0.262 e. The molecule has 0 aliphatic carbocycles. The SMILES string of the molecule is C/C=C/c1ccc(OCC(=O)Nc2ccc(C)c(Cl)c2)c(OC)c1. The number of aryl methyl sites for hydroxylation is 1. The van der Waals surface area contributed by atoms with E-state index in [9.17, 15) is 4.79 Å². The maximum atomic E-state index is 12.0. The van der Waals surface area contributed by atoms with Crippen LogP contribution in [0.15, 0.2) is 42.5 Å². The van der Waals surface area contributed by atoms with Gasteiger partial charge in [-0.2, -0.15) is 0 Å². The van der Waals surface area contributed by atoms with Gasteiger partial charge in [-0.25, -0.2) is 0 Å². The molecule has 0 bridgehead atoms. The van der Waals surface area contributed by atoms with Crippen LogP contribution in [0, 0.1) is 6.92 Å². The average molecular weight is 346 g/mol. The summed E-state index contributed by atoms with van der Waals surface area (Å²) in [4.78, 5) is 12.0. The van der Waals surface area contributed by atoms with Crippen LogP contribution in [0.4, 0.5) is 5.69 Å². The van der Waals surface area contributed by atoms with Crippen LogP contribution in [-0.4, -0.2) is 19.6 Å². The number of allylic oxidation sites excluding steroid dienone is 1. The molecule has 0 saturated carbocycles. The van der Waals surface area contributed by atoms with E-state index >= 15 is 0 Å². The lowest BCUT2D eigenvalue weighted by Crippen LogP contribution is -2.20. The quantitative estimate of drug-likeness (QED) is 0.824. The van der Waals surface area contributed by atoms with Gasteiger partial charge < -0.3 is 14.8 Å². The van der Waals surface area contributed by atoms with Crippen LogP contribution < -0.4 is 14.8 Å². The average Bonchev–Trinajstić information content (AvgIpc) is 2.57. The molecule has 0 aliphatic heterocycles. The number of halogens is 1. The number of methoxy groups -OCH3 is 1. The van der Waals surface area contributed by atoms with Crippen molar-refractivity contribution in [1.82, 2.24) is 0 Å². The Morgan fingerprint density at radius 2 is 2.00 bits per heavy atom. The molecule has 0 fully saturated rings. The monoisotopic (exact) mass is 345 g/mol. The van der Waals surface area contributed by atoms with Crippen LogP contribution in [0.25, 0.3) is 6.08 Å². The lowest BCUT2D eigenvalue weighted by atomic mass is 10.2. The van der Waals surface area contributed by atoms with E-state index in [4.69, 9.17) is 21.1 Å². The van der Waals surface area contributed by atoms with Crippen LogP contribution in [0.1, 0.15) is 18.1 Å². The Labute approximate surface area is 147 Å². The second-order valence-corrected chi connectivity index (χ2v) is 5.62. The first-order valence-electron chi connectivity index (χ1n) is 7.53. The summed E-state index contributed by atoms with van der Waals surface area (Å²) in [5.74, 6) is 0.828.